The van der Waals surface area contributed by atoms with Gasteiger partial charge in [0.1, 0.15) is 0 Å². The number of fused-ring (bicyclic) bond motifs is 1. The molecule has 1 heteroatoms. The molecule has 0 saturated carbocycles. The van der Waals surface area contributed by atoms with Gasteiger partial charge in [0.2, 0.25) is 0 Å². The smallest absolute Gasteiger partial charge is 0.150 e. The Morgan fingerprint density at radius 2 is 2.11 bits per heavy atom. The fraction of sp³-hybridized carbons (Fsp3) is 0.125. The van der Waals surface area contributed by atoms with Crippen molar-refractivity contribution in [3.63, 3.8) is 0 Å². The van der Waals surface area contributed by atoms with Crippen molar-refractivity contribution in [3.8, 4) is 11.1 Å². The van der Waals surface area contributed by atoms with E-state index >= 15 is 0 Å². The molecular formula is C8H6O. The lowest BCUT2D eigenvalue weighted by Crippen LogP contribution is -1.68. The Balaban J connectivity index is 2.62. The first-order chi connectivity index (χ1) is 4.33. The predicted octanol–water partition coefficient (Wildman–Crippen LogP) is 1.79. The highest BCUT2D eigenvalue weighted by Crippen LogP contribution is 2.40. The third kappa shape index (κ3) is 0.462. The highest BCUT2D eigenvalue weighted by atomic mass is 16.1. The minimum atomic E-state index is 0.850. The van der Waals surface area contributed by atoms with E-state index in [0.717, 1.165) is 17.4 Å². The highest BCUT2D eigenvalue weighted by molar-refractivity contribution is 5.99. The molecule has 0 aromatic rings. The summed E-state index contributed by atoms with van der Waals surface area (Å²) < 4.78 is 0. The van der Waals surface area contributed by atoms with Crippen LogP contribution in [0.2, 0.25) is 0 Å². The summed E-state index contributed by atoms with van der Waals surface area (Å²) in [5.41, 5.74) is 4.51. The molecule has 9 heavy (non-hydrogen) atoms. The molecule has 44 valence electrons. The fourth-order valence-corrected chi connectivity index (χ4v) is 1.16. The summed E-state index contributed by atoms with van der Waals surface area (Å²) in [6, 6.07) is 3.97. The topological polar surface area (TPSA) is 17.1 Å². The summed E-state index contributed by atoms with van der Waals surface area (Å²) in [5, 5.41) is 0. The molecule has 1 nitrogen and oxygen atoms in total. The molecule has 0 aromatic carbocycles. The van der Waals surface area contributed by atoms with Crippen molar-refractivity contribution in [1.29, 1.82) is 0 Å². The lowest BCUT2D eigenvalue weighted by Gasteiger charge is -1.75. The van der Waals surface area contributed by atoms with Crippen LogP contribution in [-0.4, -0.2) is 6.29 Å². The normalized spacial score (nSPS) is 11.2. The molecule has 0 saturated heterocycles. The van der Waals surface area contributed by atoms with Gasteiger partial charge in [0.25, 0.3) is 0 Å². The van der Waals surface area contributed by atoms with Crippen molar-refractivity contribution in [3.05, 3.63) is 23.3 Å². The standard InChI is InChI=1S/C8H6O/c1-5-2-6(4-9)8-3-7(5)8/h2-4H,1H3. The molecule has 0 spiro atoms. The van der Waals surface area contributed by atoms with E-state index in [9.17, 15) is 4.79 Å². The van der Waals surface area contributed by atoms with Crippen molar-refractivity contribution in [2.75, 3.05) is 0 Å². The van der Waals surface area contributed by atoms with Crippen LogP contribution in [0, 0.1) is 6.92 Å². The summed E-state index contributed by atoms with van der Waals surface area (Å²) in [5.74, 6) is 0. The second-order valence-electron chi connectivity index (χ2n) is 2.37. The van der Waals surface area contributed by atoms with E-state index < -0.39 is 0 Å². The molecule has 0 aromatic heterocycles. The van der Waals surface area contributed by atoms with Gasteiger partial charge < -0.3 is 0 Å². The first-order valence-corrected chi connectivity index (χ1v) is 2.93. The van der Waals surface area contributed by atoms with Crippen molar-refractivity contribution >= 4 is 6.29 Å². The zero-order valence-electron chi connectivity index (χ0n) is 5.14. The summed E-state index contributed by atoms with van der Waals surface area (Å²) in [4.78, 5) is 10.3. The third-order valence-corrected chi connectivity index (χ3v) is 1.73. The molecule has 2 aliphatic carbocycles. The number of carbonyl (C=O) groups is 1. The molecule has 0 atom stereocenters. The minimum absolute atomic E-state index is 0.850. The van der Waals surface area contributed by atoms with Gasteiger partial charge in [0, 0.05) is 5.56 Å². The second kappa shape index (κ2) is 1.24. The van der Waals surface area contributed by atoms with E-state index in [2.05, 4.69) is 0 Å². The van der Waals surface area contributed by atoms with Crippen LogP contribution >= 0.6 is 0 Å². The Morgan fingerprint density at radius 3 is 2.33 bits per heavy atom. The molecule has 2 aliphatic rings. The number of hydrogen-bond acceptors (Lipinski definition) is 1. The summed E-state index contributed by atoms with van der Waals surface area (Å²) in [6.45, 7) is 2.02. The van der Waals surface area contributed by atoms with E-state index in [1.165, 1.54) is 11.1 Å². The number of rotatable bonds is 1. The fourth-order valence-electron chi connectivity index (χ4n) is 1.16. The Bertz CT molecular complexity index is 287. The molecular weight excluding hydrogens is 112 g/mol. The van der Waals surface area contributed by atoms with E-state index in [4.69, 9.17) is 0 Å². The van der Waals surface area contributed by atoms with Gasteiger partial charge in [-0.3, -0.25) is 4.79 Å². The van der Waals surface area contributed by atoms with Gasteiger partial charge in [-0.15, -0.1) is 0 Å². The second-order valence-corrected chi connectivity index (χ2v) is 2.37. The lowest BCUT2D eigenvalue weighted by molar-refractivity contribution is 0.112. The Hall–Kier alpha value is -1.11. The lowest BCUT2D eigenvalue weighted by atomic mass is 10.3. The van der Waals surface area contributed by atoms with E-state index in [1.54, 1.807) is 0 Å². The number of hydrogen-bond donors (Lipinski definition) is 0. The Labute approximate surface area is 53.3 Å². The van der Waals surface area contributed by atoms with Crippen LogP contribution < -0.4 is 0 Å². The molecule has 0 radical (unpaired) electrons. The predicted molar refractivity (Wildman–Crippen MR) is 35.6 cm³/mol. The Kier molecular flexibility index (Phi) is 0.652. The summed E-state index contributed by atoms with van der Waals surface area (Å²) >= 11 is 0. The summed E-state index contributed by atoms with van der Waals surface area (Å²) in [7, 11) is 0. The van der Waals surface area contributed by atoms with Gasteiger partial charge in [-0.2, -0.15) is 0 Å². The minimum Gasteiger partial charge on any atom is -0.298 e. The Morgan fingerprint density at radius 1 is 1.33 bits per heavy atom. The number of carbonyl (C=O) groups excluding carboxylic acids is 1. The van der Waals surface area contributed by atoms with Gasteiger partial charge >= 0.3 is 0 Å². The molecule has 0 heterocycles. The maximum atomic E-state index is 10.3. The van der Waals surface area contributed by atoms with Crippen LogP contribution in [-0.2, 0) is 0 Å². The largest absolute Gasteiger partial charge is 0.298 e. The zero-order valence-corrected chi connectivity index (χ0v) is 5.14. The van der Waals surface area contributed by atoms with E-state index in [1.807, 2.05) is 19.1 Å². The van der Waals surface area contributed by atoms with Gasteiger partial charge in [-0.1, -0.05) is 0 Å². The molecule has 0 aliphatic heterocycles. The van der Waals surface area contributed by atoms with Crippen LogP contribution in [0.3, 0.4) is 0 Å². The van der Waals surface area contributed by atoms with Gasteiger partial charge in [0.05, 0.1) is 0 Å². The zero-order chi connectivity index (χ0) is 6.43. The molecule has 0 fully saturated rings. The average Bonchev–Trinajstić information content (AvgIpc) is 2.56. The van der Waals surface area contributed by atoms with Crippen molar-refractivity contribution in [2.45, 2.75) is 6.92 Å². The number of benzene rings is 1. The quantitative estimate of drug-likeness (QED) is 0.522. The molecule has 0 unspecified atom stereocenters. The van der Waals surface area contributed by atoms with Gasteiger partial charge in [0.15, 0.2) is 6.29 Å². The number of aryl methyl sites for hydroxylation is 1. The van der Waals surface area contributed by atoms with Crippen LogP contribution in [0.25, 0.3) is 11.1 Å². The first kappa shape index (κ1) is 4.74. The van der Waals surface area contributed by atoms with Crippen LogP contribution in [0.4, 0.5) is 0 Å². The SMILES string of the molecule is Cc1cc(C=O)c2cc1-2. The van der Waals surface area contributed by atoms with Crippen LogP contribution in [0.1, 0.15) is 15.9 Å². The average molecular weight is 118 g/mol. The molecule has 0 bridgehead atoms. The van der Waals surface area contributed by atoms with Crippen LogP contribution in [0.15, 0.2) is 12.1 Å². The number of aldehydes is 1. The van der Waals surface area contributed by atoms with Crippen molar-refractivity contribution in [2.24, 2.45) is 0 Å². The maximum absolute atomic E-state index is 10.3. The molecule has 0 N–H and O–H groups in total. The summed E-state index contributed by atoms with van der Waals surface area (Å²) in [6.07, 6.45) is 0.912. The van der Waals surface area contributed by atoms with Crippen molar-refractivity contribution < 1.29 is 4.79 Å². The molecule has 0 amide bonds. The van der Waals surface area contributed by atoms with E-state index in [-0.39, 0.29) is 0 Å². The van der Waals surface area contributed by atoms with Gasteiger partial charge in [-0.05, 0) is 35.7 Å². The maximum Gasteiger partial charge on any atom is 0.150 e. The van der Waals surface area contributed by atoms with Crippen LogP contribution in [0.5, 0.6) is 0 Å². The van der Waals surface area contributed by atoms with Gasteiger partial charge in [-0.25, -0.2) is 0 Å². The molecule has 2 rings (SSSR count). The van der Waals surface area contributed by atoms with Crippen molar-refractivity contribution in [1.82, 2.24) is 0 Å². The first-order valence-electron chi connectivity index (χ1n) is 2.93. The monoisotopic (exact) mass is 118 g/mol. The third-order valence-electron chi connectivity index (χ3n) is 1.73. The highest BCUT2D eigenvalue weighted by Gasteiger charge is 2.19. The van der Waals surface area contributed by atoms with E-state index in [0.29, 0.717) is 0 Å².